The van der Waals surface area contributed by atoms with Crippen molar-refractivity contribution in [2.24, 2.45) is 4.99 Å². The highest BCUT2D eigenvalue weighted by atomic mass is 15.6. The van der Waals surface area contributed by atoms with Crippen molar-refractivity contribution in [3.8, 4) is 11.3 Å². The van der Waals surface area contributed by atoms with E-state index in [1.165, 1.54) is 24.9 Å². The monoisotopic (exact) mass is 413 g/mol. The number of anilines is 4. The van der Waals surface area contributed by atoms with Crippen LogP contribution in [-0.4, -0.2) is 35.6 Å². The number of hydrazine groups is 1. The summed E-state index contributed by atoms with van der Waals surface area (Å²) in [4.78, 5) is 16.0. The van der Waals surface area contributed by atoms with Gasteiger partial charge < -0.3 is 10.2 Å². The molecule has 2 aliphatic heterocycles. The molecule has 5 rings (SSSR count). The predicted octanol–water partition coefficient (Wildman–Crippen LogP) is 4.58. The Morgan fingerprint density at radius 2 is 1.77 bits per heavy atom. The van der Waals surface area contributed by atoms with Crippen molar-refractivity contribution >= 4 is 28.8 Å². The quantitative estimate of drug-likeness (QED) is 0.638. The molecule has 2 N–H and O–H groups in total. The van der Waals surface area contributed by atoms with E-state index in [0.29, 0.717) is 12.6 Å². The number of aromatic nitrogens is 2. The fraction of sp³-hybridized carbons (Fsp3) is 0.292. The molecule has 1 fully saturated rings. The molecule has 158 valence electrons. The van der Waals surface area contributed by atoms with Crippen LogP contribution in [0.4, 0.5) is 23.0 Å². The van der Waals surface area contributed by atoms with E-state index in [-0.39, 0.29) is 0 Å². The maximum atomic E-state index is 4.75. The minimum atomic E-state index is 0.590. The number of aliphatic imine (C=N–C) groups is 1. The topological polar surface area (TPSA) is 68.7 Å². The Bertz CT molecular complexity index is 1070. The van der Waals surface area contributed by atoms with Gasteiger partial charge in [-0.25, -0.2) is 15.0 Å². The number of hydrogen-bond acceptors (Lipinski definition) is 7. The second-order valence-corrected chi connectivity index (χ2v) is 7.96. The lowest BCUT2D eigenvalue weighted by Crippen LogP contribution is -2.34. The zero-order valence-electron chi connectivity index (χ0n) is 17.8. The van der Waals surface area contributed by atoms with E-state index in [2.05, 4.69) is 62.0 Å². The fourth-order valence-electron chi connectivity index (χ4n) is 4.04. The molecule has 0 radical (unpaired) electrons. The lowest BCUT2D eigenvalue weighted by atomic mass is 10.1. The fourth-order valence-corrected chi connectivity index (χ4v) is 4.04. The van der Waals surface area contributed by atoms with E-state index in [9.17, 15) is 0 Å². The second kappa shape index (κ2) is 8.63. The summed E-state index contributed by atoms with van der Waals surface area (Å²) in [5.74, 6) is 1.52. The summed E-state index contributed by atoms with van der Waals surface area (Å²) < 4.78 is 0. The molecule has 2 aliphatic rings. The Balaban J connectivity index is 1.30. The summed E-state index contributed by atoms with van der Waals surface area (Å²) in [6.07, 6.45) is 5.68. The molecule has 3 aromatic rings. The van der Waals surface area contributed by atoms with E-state index in [4.69, 9.17) is 4.98 Å². The van der Waals surface area contributed by atoms with Gasteiger partial charge in [0.1, 0.15) is 12.5 Å². The van der Waals surface area contributed by atoms with E-state index < -0.39 is 0 Å². The van der Waals surface area contributed by atoms with Crippen LogP contribution in [0.1, 0.15) is 26.2 Å². The molecule has 3 heterocycles. The van der Waals surface area contributed by atoms with Crippen LogP contribution in [0.3, 0.4) is 0 Å². The Labute approximate surface area is 182 Å². The van der Waals surface area contributed by atoms with Gasteiger partial charge in [-0.05, 0) is 68.7 Å². The highest BCUT2D eigenvalue weighted by molar-refractivity contribution is 5.83. The molecule has 2 aromatic carbocycles. The van der Waals surface area contributed by atoms with Gasteiger partial charge in [0.05, 0.1) is 11.4 Å². The molecular weight excluding hydrogens is 386 g/mol. The number of hydrogen-bond donors (Lipinski definition) is 2. The summed E-state index contributed by atoms with van der Waals surface area (Å²) >= 11 is 0. The zero-order chi connectivity index (χ0) is 21.0. The molecule has 0 saturated carbocycles. The molecule has 0 unspecified atom stereocenters. The van der Waals surface area contributed by atoms with Gasteiger partial charge in [0, 0.05) is 36.2 Å². The molecule has 7 heteroatoms. The van der Waals surface area contributed by atoms with E-state index in [0.717, 1.165) is 41.6 Å². The van der Waals surface area contributed by atoms with Gasteiger partial charge >= 0.3 is 0 Å². The van der Waals surface area contributed by atoms with Crippen LogP contribution < -0.4 is 20.7 Å². The summed E-state index contributed by atoms with van der Waals surface area (Å²) in [6, 6.07) is 18.8. The molecule has 1 aromatic heterocycles. The molecule has 0 spiro atoms. The van der Waals surface area contributed by atoms with Crippen LogP contribution in [0.25, 0.3) is 11.3 Å². The predicted molar refractivity (Wildman–Crippen MR) is 127 cm³/mol. The first-order valence-electron chi connectivity index (χ1n) is 10.9. The smallest absolute Gasteiger partial charge is 0.227 e. The third-order valence-corrected chi connectivity index (χ3v) is 5.70. The van der Waals surface area contributed by atoms with Crippen LogP contribution >= 0.6 is 0 Å². The second-order valence-electron chi connectivity index (χ2n) is 7.96. The highest BCUT2D eigenvalue weighted by Gasteiger charge is 2.13. The lowest BCUT2D eigenvalue weighted by molar-refractivity contribution is 0.578. The van der Waals surface area contributed by atoms with Crippen LogP contribution in [-0.2, 0) is 0 Å². The van der Waals surface area contributed by atoms with Gasteiger partial charge in [0.2, 0.25) is 5.95 Å². The Morgan fingerprint density at radius 3 is 2.55 bits per heavy atom. The van der Waals surface area contributed by atoms with Gasteiger partial charge in [-0.15, -0.1) is 0 Å². The molecule has 0 atom stereocenters. The van der Waals surface area contributed by atoms with Gasteiger partial charge in [-0.2, -0.15) is 0 Å². The first kappa shape index (κ1) is 19.4. The number of nitrogens with one attached hydrogen (secondary N) is 2. The van der Waals surface area contributed by atoms with E-state index in [1.54, 1.807) is 6.20 Å². The number of nitrogens with zero attached hydrogens (tertiary/aromatic N) is 5. The summed E-state index contributed by atoms with van der Waals surface area (Å²) in [5, 5.41) is 5.32. The van der Waals surface area contributed by atoms with Crippen LogP contribution in [0.2, 0.25) is 0 Å². The number of benzene rings is 2. The third kappa shape index (κ3) is 4.45. The van der Waals surface area contributed by atoms with E-state index in [1.807, 2.05) is 30.1 Å². The normalized spacial score (nSPS) is 16.1. The maximum absolute atomic E-state index is 4.75. The van der Waals surface area contributed by atoms with Crippen molar-refractivity contribution in [1.82, 2.24) is 15.4 Å². The summed E-state index contributed by atoms with van der Waals surface area (Å²) in [7, 11) is 0. The van der Waals surface area contributed by atoms with Crippen LogP contribution in [0, 0.1) is 0 Å². The van der Waals surface area contributed by atoms with Crippen molar-refractivity contribution in [2.75, 3.05) is 35.0 Å². The number of piperidine rings is 1. The Kier molecular flexibility index (Phi) is 5.39. The van der Waals surface area contributed by atoms with E-state index >= 15 is 0 Å². The largest absolute Gasteiger partial charge is 0.372 e. The highest BCUT2D eigenvalue weighted by Crippen LogP contribution is 2.27. The van der Waals surface area contributed by atoms with Crippen molar-refractivity contribution in [1.29, 1.82) is 0 Å². The first-order valence-corrected chi connectivity index (χ1v) is 10.9. The molecule has 31 heavy (non-hydrogen) atoms. The average Bonchev–Trinajstić information content (AvgIpc) is 3.27. The average molecular weight is 414 g/mol. The third-order valence-electron chi connectivity index (χ3n) is 5.70. The van der Waals surface area contributed by atoms with Gasteiger partial charge in [0.25, 0.3) is 0 Å². The molecule has 0 bridgehead atoms. The van der Waals surface area contributed by atoms with Crippen molar-refractivity contribution in [3.63, 3.8) is 0 Å². The minimum absolute atomic E-state index is 0.590. The first-order chi connectivity index (χ1) is 15.2. The zero-order valence-corrected chi connectivity index (χ0v) is 17.8. The van der Waals surface area contributed by atoms with Crippen molar-refractivity contribution in [3.05, 3.63) is 60.8 Å². The van der Waals surface area contributed by atoms with Crippen molar-refractivity contribution in [2.45, 2.75) is 26.2 Å². The standard InChI is InChI=1S/C24H27N7/c1-18-26-17-31(29-18)21-10-8-20(9-11-21)27-24-25-13-12-23(28-24)19-6-5-7-22(16-19)30-14-3-2-4-15-30/h5-13,16H,2-4,14-15,17H2,1H3,(H,26,29)(H,25,27,28). The molecule has 1 saturated heterocycles. The number of amidine groups is 1. The maximum Gasteiger partial charge on any atom is 0.227 e. The molecule has 0 aliphatic carbocycles. The lowest BCUT2D eigenvalue weighted by Gasteiger charge is -2.29. The van der Waals surface area contributed by atoms with Crippen molar-refractivity contribution < 1.29 is 0 Å². The van der Waals surface area contributed by atoms with Gasteiger partial charge in [0.15, 0.2) is 0 Å². The summed E-state index contributed by atoms with van der Waals surface area (Å²) in [6.45, 7) is 4.85. The molecule has 0 amide bonds. The minimum Gasteiger partial charge on any atom is -0.372 e. The van der Waals surface area contributed by atoms with Crippen LogP contribution in [0.5, 0.6) is 0 Å². The SMILES string of the molecule is CC1=NCN(c2ccc(Nc3nccc(-c4cccc(N5CCCCC5)c4)n3)cc2)N1. The summed E-state index contributed by atoms with van der Waals surface area (Å²) in [5.41, 5.74) is 8.54. The van der Waals surface area contributed by atoms with Gasteiger partial charge in [-0.1, -0.05) is 12.1 Å². The van der Waals surface area contributed by atoms with Crippen LogP contribution in [0.15, 0.2) is 65.8 Å². The molecule has 7 nitrogen and oxygen atoms in total. The molecular formula is C24H27N7. The number of rotatable bonds is 5. The Morgan fingerprint density at radius 1 is 0.935 bits per heavy atom. The van der Waals surface area contributed by atoms with Gasteiger partial charge in [-0.3, -0.25) is 10.4 Å². The Hall–Kier alpha value is -3.61.